The summed E-state index contributed by atoms with van der Waals surface area (Å²) in [5, 5.41) is 1.61. The normalized spacial score (nSPS) is 13.0. The molecule has 1 aliphatic rings. The Balaban J connectivity index is 0.000000196. The number of hydrogen-bond donors (Lipinski definition) is 4. The molecule has 0 bridgehead atoms. The number of carbonyl (C=O) groups is 4. The maximum absolute atomic E-state index is 13.8. The van der Waals surface area contributed by atoms with E-state index in [1.807, 2.05) is 13.8 Å². The average Bonchev–Trinajstić information content (AvgIpc) is 1.81. The second kappa shape index (κ2) is 45.4. The van der Waals surface area contributed by atoms with Crippen LogP contribution in [0.4, 0.5) is 57.1 Å². The fourth-order valence-corrected chi connectivity index (χ4v) is 14.7. The minimum atomic E-state index is -4.63. The second-order valence-electron chi connectivity index (χ2n) is 37.4. The van der Waals surface area contributed by atoms with Crippen LogP contribution in [-0.4, -0.2) is 120 Å². The molecular formula is C103H102Cl5F13N12O10. The molecule has 1 fully saturated rings. The molecule has 0 saturated heterocycles. The van der Waals surface area contributed by atoms with E-state index in [1.54, 1.807) is 147 Å². The van der Waals surface area contributed by atoms with Crippen molar-refractivity contribution in [2.24, 2.45) is 27.1 Å². The zero-order valence-corrected chi connectivity index (χ0v) is 84.0. The molecule has 40 heteroatoms. The Labute approximate surface area is 839 Å². The number of ketones is 4. The first-order valence-corrected chi connectivity index (χ1v) is 46.8. The molecule has 760 valence electrons. The average molecular weight is 2090 g/mol. The molecule has 0 atom stereocenters. The molecule has 4 aromatic heterocycles. The lowest BCUT2D eigenvalue weighted by Crippen LogP contribution is -2.40. The molecule has 1 aliphatic carbocycles. The van der Waals surface area contributed by atoms with Gasteiger partial charge >= 0.3 is 41.3 Å². The zero-order chi connectivity index (χ0) is 106. The predicted molar refractivity (Wildman–Crippen MR) is 523 cm³/mol. The van der Waals surface area contributed by atoms with Gasteiger partial charge in [-0.2, -0.15) is 59.4 Å². The maximum Gasteiger partial charge on any atom is 0.416 e. The summed E-state index contributed by atoms with van der Waals surface area (Å²) in [4.78, 5) is 142. The highest BCUT2D eigenvalue weighted by Crippen LogP contribution is 2.47. The maximum atomic E-state index is 13.8. The Bertz CT molecular complexity index is 6930. The Morgan fingerprint density at radius 3 is 0.937 bits per heavy atom. The number of aryl methyl sites for hydroxylation is 5. The van der Waals surface area contributed by atoms with Crippen LogP contribution in [-0.2, 0) is 51.0 Å². The minimum Gasteiger partial charge on any atom is -0.494 e. The van der Waals surface area contributed by atoms with Crippen molar-refractivity contribution in [3.8, 4) is 103 Å². The van der Waals surface area contributed by atoms with Crippen LogP contribution in [0, 0.1) is 34.0 Å². The zero-order valence-electron chi connectivity index (χ0n) is 80.2. The van der Waals surface area contributed by atoms with Crippen molar-refractivity contribution in [2.45, 2.75) is 211 Å². The summed E-state index contributed by atoms with van der Waals surface area (Å²) < 4.78 is 186. The van der Waals surface area contributed by atoms with Gasteiger partial charge < -0.3 is 9.47 Å². The summed E-state index contributed by atoms with van der Waals surface area (Å²) in [6, 6.07) is 42.0. The summed E-state index contributed by atoms with van der Waals surface area (Å²) >= 11 is 31.6. The van der Waals surface area contributed by atoms with Crippen molar-refractivity contribution in [3.05, 3.63) is 264 Å². The van der Waals surface area contributed by atoms with E-state index < -0.39 is 109 Å². The lowest BCUT2D eigenvalue weighted by Gasteiger charge is -2.29. The van der Waals surface area contributed by atoms with E-state index in [-0.39, 0.29) is 135 Å². The summed E-state index contributed by atoms with van der Waals surface area (Å²) in [7, 11) is 0. The molecule has 0 aliphatic heterocycles. The quantitative estimate of drug-likeness (QED) is 0.0278. The number of benzene rings is 8. The van der Waals surface area contributed by atoms with Crippen LogP contribution in [0.25, 0.3) is 91.1 Å². The Morgan fingerprint density at radius 2 is 0.657 bits per heavy atom. The fourth-order valence-electron chi connectivity index (χ4n) is 13.7. The van der Waals surface area contributed by atoms with Crippen molar-refractivity contribution in [1.29, 1.82) is 0 Å². The van der Waals surface area contributed by atoms with E-state index in [1.165, 1.54) is 45.9 Å². The smallest absolute Gasteiger partial charge is 0.416 e. The van der Waals surface area contributed by atoms with Gasteiger partial charge in [-0.15, -0.1) is 0 Å². The number of carbonyl (C=O) groups excluding carboxylic acids is 4. The summed E-state index contributed by atoms with van der Waals surface area (Å²) in [5.74, 6) is -7.40. The number of halogens is 18. The van der Waals surface area contributed by atoms with Crippen molar-refractivity contribution in [3.63, 3.8) is 0 Å². The van der Waals surface area contributed by atoms with Crippen LogP contribution in [0.15, 0.2) is 177 Å². The molecule has 4 N–H and O–H groups in total. The van der Waals surface area contributed by atoms with E-state index in [9.17, 15) is 95.4 Å². The molecule has 0 unspecified atom stereocenters. The fraction of sp³-hybridized carbons (Fsp3) is 0.379. The Hall–Kier alpha value is -12.2. The van der Waals surface area contributed by atoms with Crippen LogP contribution >= 0.6 is 58.0 Å². The number of hydrogen-bond acceptors (Lipinski definition) is 18. The number of nitrogens with one attached hydrogen (secondary N) is 4. The molecule has 12 aromatic rings. The summed E-state index contributed by atoms with van der Waals surface area (Å²) in [6.45, 7) is 20.3. The van der Waals surface area contributed by atoms with E-state index in [2.05, 4.69) is 66.7 Å². The monoisotopic (exact) mass is 2090 g/mol. The highest BCUT2D eigenvalue weighted by Gasteiger charge is 2.54. The van der Waals surface area contributed by atoms with Crippen molar-refractivity contribution < 1.29 is 85.7 Å². The molecule has 22 nitrogen and oxygen atoms in total. The molecular weight excluding hydrogens is 1990 g/mol. The number of Topliss-reactive ketones (excluding diaryl/α,β-unsaturated/α-hetero) is 4. The van der Waals surface area contributed by atoms with E-state index >= 15 is 0 Å². The number of alkyl halides is 13. The molecule has 4 heterocycles. The van der Waals surface area contributed by atoms with Gasteiger partial charge in [-0.25, -0.2) is 56.7 Å². The highest BCUT2D eigenvalue weighted by atomic mass is 35.5. The lowest BCUT2D eigenvalue weighted by atomic mass is 9.80. The van der Waals surface area contributed by atoms with Crippen LogP contribution in [0.3, 0.4) is 0 Å². The first kappa shape index (κ1) is 113. The van der Waals surface area contributed by atoms with Gasteiger partial charge in [0.25, 0.3) is 11.8 Å². The molecule has 0 amide bonds. The van der Waals surface area contributed by atoms with Gasteiger partial charge in [0, 0.05) is 94.5 Å². The van der Waals surface area contributed by atoms with Crippen LogP contribution in [0.5, 0.6) is 11.5 Å². The number of aromatic amines is 4. The van der Waals surface area contributed by atoms with Gasteiger partial charge in [-0.1, -0.05) is 128 Å². The van der Waals surface area contributed by atoms with Gasteiger partial charge in [0.05, 0.1) is 49.7 Å². The number of aromatic nitrogens is 12. The Kier molecular flexibility index (Phi) is 35.8. The lowest BCUT2D eigenvalue weighted by molar-refractivity contribution is -0.211. The second-order valence-corrected chi connectivity index (χ2v) is 39.5. The van der Waals surface area contributed by atoms with Gasteiger partial charge in [0.1, 0.15) is 68.8 Å². The van der Waals surface area contributed by atoms with Gasteiger partial charge in [0.15, 0.2) is 23.3 Å². The largest absolute Gasteiger partial charge is 0.494 e. The van der Waals surface area contributed by atoms with Gasteiger partial charge in [0.2, 0.25) is 0 Å². The van der Waals surface area contributed by atoms with Gasteiger partial charge in [-0.05, 0) is 262 Å². The number of rotatable bonds is 33. The third kappa shape index (κ3) is 28.9. The van der Waals surface area contributed by atoms with E-state index in [0.29, 0.717) is 97.3 Å². The van der Waals surface area contributed by atoms with Crippen molar-refractivity contribution in [1.82, 2.24) is 59.8 Å². The topological polar surface area (TPSA) is 321 Å². The van der Waals surface area contributed by atoms with Crippen LogP contribution in [0.2, 0.25) is 25.1 Å². The van der Waals surface area contributed by atoms with Gasteiger partial charge in [-0.3, -0.25) is 39.1 Å². The molecule has 0 radical (unpaired) electrons. The number of H-pyrrole nitrogens is 4. The van der Waals surface area contributed by atoms with E-state index in [0.717, 1.165) is 65.5 Å². The first-order valence-electron chi connectivity index (χ1n) is 45.0. The molecule has 0 spiro atoms. The predicted octanol–water partition coefficient (Wildman–Crippen LogP) is 26.2. The van der Waals surface area contributed by atoms with E-state index in [4.69, 9.17) is 67.5 Å². The molecule has 13 rings (SSSR count). The Morgan fingerprint density at radius 1 is 0.371 bits per heavy atom. The highest BCUT2D eigenvalue weighted by molar-refractivity contribution is 6.34. The molecule has 143 heavy (non-hydrogen) atoms. The number of ether oxygens (including phenoxy) is 2. The minimum absolute atomic E-state index is 0.0181. The summed E-state index contributed by atoms with van der Waals surface area (Å²) in [6.07, 6.45) is -10.9. The molecule has 8 aromatic carbocycles. The third-order valence-corrected chi connectivity index (χ3v) is 26.5. The van der Waals surface area contributed by atoms with Crippen LogP contribution < -0.4 is 32.2 Å². The standard InChI is InChI=1S/C27H27ClF5N3O2.C27H27ClF3N3O3.C25H25ClF3N3O3.C24H23Cl2F2N3O2/c1-14(2)17-13-16(8-9-19(17)27(31,32)33)22-34-23(36-24(38)35-22)18-12-15(6-10-20(18)28)7-11-21(37)25(3,4)26(5,29)30;1-25(2,27(29,30)31)21(35)11-5-16-4-10-20(28)19(14-16)23-32-22(33-24(36)34-23)17-6-8-18(9-7-17)37-15-26(3)12-13-26;1-4-13-35-17-9-7-16(8-10-17)21-30-22(32-23(34)31-21)18-14-15(5-11-19(18)26)6-12-20(33)24(2,3)25(27,28)29;1-13-5-8-15(12-18(13)26)20-29-21(31-22(33)30-20)16-11-14(6-9-17(16)25)7-10-19(32)23(2,3)24(4,27)28/h6,8-10,12-14H,7,11H2,1-5H3,(H,34,35,36,38);4,6-10,14H,5,11-13,15H2,1-3H3,(H,32,33,34,36);5,7-11,14H,4,6,12-13H2,1-3H3,(H,30,31,32,34);5-6,8-9,11-12H,7,10H2,1-4H3,(H,29,30,31,33). The summed E-state index contributed by atoms with van der Waals surface area (Å²) in [5.41, 5.74) is -4.92. The SMILES string of the molecule is CC(C)c1cc(-c2nc(-c3cc(CCC(=O)C(C)(C)C(C)(F)F)ccc3Cl)[nH]c(=O)n2)ccc1C(F)(F)F.CC1(COc2ccc(-c3nc(-c4cc(CCC(=O)C(C)(C)C(F)(F)F)ccc4Cl)[nH]c(=O)n3)cc2)CC1.CCCOc1ccc(-c2nc(-c3cc(CCC(=O)C(C)(C)C(F)(F)F)ccc3Cl)[nH]c(=O)n2)cc1.Cc1ccc(-c2nc(-c3cc(CCC(=O)C(C)(C)C(C)(F)F)ccc3Cl)[nH]c(=O)n2)cc1Cl. The van der Waals surface area contributed by atoms with Crippen LogP contribution in [0.1, 0.15) is 187 Å². The van der Waals surface area contributed by atoms with Crippen molar-refractivity contribution >= 4 is 81.1 Å². The third-order valence-electron chi connectivity index (χ3n) is 24.8. The number of nitrogens with zero attached hydrogens (tertiary/aromatic N) is 8. The molecule has 1 saturated carbocycles. The first-order chi connectivity index (χ1) is 66.4. The van der Waals surface area contributed by atoms with Crippen molar-refractivity contribution in [2.75, 3.05) is 13.2 Å².